The van der Waals surface area contributed by atoms with Gasteiger partial charge in [0.05, 0.1) is 0 Å². The van der Waals surface area contributed by atoms with Crippen molar-refractivity contribution in [3.8, 4) is 0 Å². The van der Waals surface area contributed by atoms with Gasteiger partial charge < -0.3 is 0 Å². The number of halogens is 2. The predicted octanol–water partition coefficient (Wildman–Crippen LogP) is 2.34. The molecule has 3 heteroatoms. The highest BCUT2D eigenvalue weighted by atomic mass is 19.2. The standard InChI is InChI=1S/C10H8F2O/c1-5-4-7-6(10(5)13)2-3-8(11)9(7)12/h2-3,5H,4H2,1H3. The zero-order valence-electron chi connectivity index (χ0n) is 7.10. The Bertz CT molecular complexity index is 385. The topological polar surface area (TPSA) is 17.1 Å². The van der Waals surface area contributed by atoms with Crippen molar-refractivity contribution in [3.63, 3.8) is 0 Å². The molecule has 0 heterocycles. The fourth-order valence-corrected chi connectivity index (χ4v) is 1.69. The maximum atomic E-state index is 13.1. The van der Waals surface area contributed by atoms with Gasteiger partial charge in [0.2, 0.25) is 0 Å². The van der Waals surface area contributed by atoms with Gasteiger partial charge in [-0.3, -0.25) is 4.79 Å². The summed E-state index contributed by atoms with van der Waals surface area (Å²) in [6.07, 6.45) is 0.317. The Kier molecular flexibility index (Phi) is 1.68. The molecule has 1 nitrogen and oxygen atoms in total. The molecule has 0 aromatic heterocycles. The smallest absolute Gasteiger partial charge is 0.166 e. The minimum Gasteiger partial charge on any atom is -0.294 e. The molecule has 1 unspecified atom stereocenters. The molecule has 0 fully saturated rings. The third-order valence-electron chi connectivity index (χ3n) is 2.42. The van der Waals surface area contributed by atoms with Crippen LogP contribution in [0, 0.1) is 17.6 Å². The second-order valence-electron chi connectivity index (χ2n) is 3.36. The van der Waals surface area contributed by atoms with Gasteiger partial charge in [-0.25, -0.2) is 8.78 Å². The van der Waals surface area contributed by atoms with Crippen molar-refractivity contribution in [2.75, 3.05) is 0 Å². The molecule has 1 atom stereocenters. The number of fused-ring (bicyclic) bond motifs is 1. The Morgan fingerprint density at radius 1 is 1.38 bits per heavy atom. The van der Waals surface area contributed by atoms with E-state index in [2.05, 4.69) is 0 Å². The number of carbonyl (C=O) groups excluding carboxylic acids is 1. The molecule has 1 aromatic rings. The molecule has 0 aliphatic heterocycles. The molecule has 1 aromatic carbocycles. The maximum Gasteiger partial charge on any atom is 0.166 e. The SMILES string of the molecule is CC1Cc2c(ccc(F)c2F)C1=O. The van der Waals surface area contributed by atoms with Crippen molar-refractivity contribution < 1.29 is 13.6 Å². The Hall–Kier alpha value is -1.25. The number of carbonyl (C=O) groups is 1. The molecule has 1 aliphatic rings. The summed E-state index contributed by atoms with van der Waals surface area (Å²) in [7, 11) is 0. The molecule has 68 valence electrons. The summed E-state index contributed by atoms with van der Waals surface area (Å²) in [6.45, 7) is 1.72. The highest BCUT2D eigenvalue weighted by Crippen LogP contribution is 2.29. The molecule has 0 N–H and O–H groups in total. The number of rotatable bonds is 0. The average molecular weight is 182 g/mol. The Morgan fingerprint density at radius 2 is 2.08 bits per heavy atom. The van der Waals surface area contributed by atoms with Crippen LogP contribution in [0.25, 0.3) is 0 Å². The van der Waals surface area contributed by atoms with Crippen LogP contribution < -0.4 is 0 Å². The lowest BCUT2D eigenvalue weighted by atomic mass is 10.1. The van der Waals surface area contributed by atoms with Gasteiger partial charge in [0.15, 0.2) is 17.4 Å². The van der Waals surface area contributed by atoms with Crippen LogP contribution >= 0.6 is 0 Å². The number of benzene rings is 1. The van der Waals surface area contributed by atoms with Gasteiger partial charge in [-0.15, -0.1) is 0 Å². The largest absolute Gasteiger partial charge is 0.294 e. The van der Waals surface area contributed by atoms with Gasteiger partial charge in [0, 0.05) is 17.0 Å². The number of hydrogen-bond donors (Lipinski definition) is 0. The molecule has 13 heavy (non-hydrogen) atoms. The number of Topliss-reactive ketones (excluding diaryl/α,β-unsaturated/α-hetero) is 1. The normalized spacial score (nSPS) is 20.5. The first-order chi connectivity index (χ1) is 6.11. The monoisotopic (exact) mass is 182 g/mol. The fraction of sp³-hybridized carbons (Fsp3) is 0.300. The minimum absolute atomic E-state index is 0.0890. The lowest BCUT2D eigenvalue weighted by Gasteiger charge is -1.98. The Morgan fingerprint density at radius 3 is 2.77 bits per heavy atom. The van der Waals surface area contributed by atoms with Gasteiger partial charge in [-0.05, 0) is 18.6 Å². The van der Waals surface area contributed by atoms with E-state index in [1.165, 1.54) is 6.07 Å². The molecule has 2 rings (SSSR count). The summed E-state index contributed by atoms with van der Waals surface area (Å²) in [6, 6.07) is 2.36. The second kappa shape index (κ2) is 2.62. The number of ketones is 1. The third kappa shape index (κ3) is 1.07. The van der Waals surface area contributed by atoms with Crippen LogP contribution in [0.2, 0.25) is 0 Å². The molecule has 0 bridgehead atoms. The van der Waals surface area contributed by atoms with Crippen molar-refractivity contribution in [2.45, 2.75) is 13.3 Å². The minimum atomic E-state index is -0.874. The summed E-state index contributed by atoms with van der Waals surface area (Å²) in [5, 5.41) is 0. The van der Waals surface area contributed by atoms with Crippen molar-refractivity contribution in [2.24, 2.45) is 5.92 Å². The molecule has 0 radical (unpaired) electrons. The van der Waals surface area contributed by atoms with E-state index in [0.717, 1.165) is 6.07 Å². The van der Waals surface area contributed by atoms with E-state index in [1.54, 1.807) is 6.92 Å². The van der Waals surface area contributed by atoms with Crippen LogP contribution in [0.4, 0.5) is 8.78 Å². The molecule has 0 saturated heterocycles. The molecule has 0 spiro atoms. The van der Waals surface area contributed by atoms with E-state index in [9.17, 15) is 13.6 Å². The van der Waals surface area contributed by atoms with E-state index < -0.39 is 11.6 Å². The zero-order chi connectivity index (χ0) is 9.59. The third-order valence-corrected chi connectivity index (χ3v) is 2.42. The molecular formula is C10H8F2O. The van der Waals surface area contributed by atoms with Gasteiger partial charge in [-0.1, -0.05) is 6.92 Å². The van der Waals surface area contributed by atoms with Crippen LogP contribution in [-0.2, 0) is 6.42 Å². The van der Waals surface area contributed by atoms with E-state index in [1.807, 2.05) is 0 Å². The zero-order valence-corrected chi connectivity index (χ0v) is 7.10. The first-order valence-electron chi connectivity index (χ1n) is 4.12. The molecule has 0 amide bonds. The summed E-state index contributed by atoms with van der Waals surface area (Å²) in [5.41, 5.74) is 0.573. The van der Waals surface area contributed by atoms with Crippen molar-refractivity contribution >= 4 is 5.78 Å². The van der Waals surface area contributed by atoms with Crippen LogP contribution in [0.15, 0.2) is 12.1 Å². The summed E-state index contributed by atoms with van der Waals surface area (Å²) < 4.78 is 25.9. The van der Waals surface area contributed by atoms with Crippen molar-refractivity contribution in [3.05, 3.63) is 34.9 Å². The highest BCUT2D eigenvalue weighted by Gasteiger charge is 2.30. The predicted molar refractivity (Wildman–Crippen MR) is 43.6 cm³/mol. The Labute approximate surface area is 74.4 Å². The number of hydrogen-bond acceptors (Lipinski definition) is 1. The molecule has 0 saturated carbocycles. The first kappa shape index (κ1) is 8.35. The second-order valence-corrected chi connectivity index (χ2v) is 3.36. The van der Waals surface area contributed by atoms with E-state index in [4.69, 9.17) is 0 Å². The van der Waals surface area contributed by atoms with E-state index in [-0.39, 0.29) is 17.3 Å². The maximum absolute atomic E-state index is 13.1. The van der Waals surface area contributed by atoms with Gasteiger partial charge in [-0.2, -0.15) is 0 Å². The van der Waals surface area contributed by atoms with Crippen LogP contribution in [0.1, 0.15) is 22.8 Å². The lowest BCUT2D eigenvalue weighted by molar-refractivity contribution is 0.0946. The summed E-state index contributed by atoms with van der Waals surface area (Å²) >= 11 is 0. The van der Waals surface area contributed by atoms with Gasteiger partial charge in [0.25, 0.3) is 0 Å². The highest BCUT2D eigenvalue weighted by molar-refractivity contribution is 6.02. The van der Waals surface area contributed by atoms with Gasteiger partial charge in [0.1, 0.15) is 0 Å². The fourth-order valence-electron chi connectivity index (χ4n) is 1.69. The quantitative estimate of drug-likeness (QED) is 0.601. The molecule has 1 aliphatic carbocycles. The van der Waals surface area contributed by atoms with E-state index >= 15 is 0 Å². The van der Waals surface area contributed by atoms with Crippen LogP contribution in [-0.4, -0.2) is 5.78 Å². The van der Waals surface area contributed by atoms with Crippen LogP contribution in [0.3, 0.4) is 0 Å². The average Bonchev–Trinajstić information content (AvgIpc) is 2.38. The van der Waals surface area contributed by atoms with E-state index in [0.29, 0.717) is 12.0 Å². The Balaban J connectivity index is 2.64. The lowest BCUT2D eigenvalue weighted by Crippen LogP contribution is -2.02. The molecular weight excluding hydrogens is 174 g/mol. The van der Waals surface area contributed by atoms with Crippen LogP contribution in [0.5, 0.6) is 0 Å². The first-order valence-corrected chi connectivity index (χ1v) is 4.12. The van der Waals surface area contributed by atoms with Gasteiger partial charge >= 0.3 is 0 Å². The van der Waals surface area contributed by atoms with Crippen molar-refractivity contribution in [1.82, 2.24) is 0 Å². The van der Waals surface area contributed by atoms with Crippen molar-refractivity contribution in [1.29, 1.82) is 0 Å². The summed E-state index contributed by atoms with van der Waals surface area (Å²) in [4.78, 5) is 11.4. The summed E-state index contributed by atoms with van der Waals surface area (Å²) in [5.74, 6) is -2.05.